The van der Waals surface area contributed by atoms with Gasteiger partial charge in [0.15, 0.2) is 0 Å². The Kier molecular flexibility index (Phi) is 9.93. The Balaban J connectivity index is 1.11. The Labute approximate surface area is 429 Å². The third-order valence-corrected chi connectivity index (χ3v) is 16.9. The van der Waals surface area contributed by atoms with Gasteiger partial charge < -0.3 is 9.80 Å². The van der Waals surface area contributed by atoms with Crippen molar-refractivity contribution < 1.29 is 0 Å². The fourth-order valence-electron chi connectivity index (χ4n) is 11.8. The lowest BCUT2D eigenvalue weighted by Crippen LogP contribution is -2.60. The number of thiophene rings is 1. The molecule has 0 N–H and O–H groups in total. The van der Waals surface area contributed by atoms with Crippen LogP contribution in [0.2, 0.25) is 0 Å². The molecule has 4 heteroatoms. The van der Waals surface area contributed by atoms with Crippen molar-refractivity contribution in [2.24, 2.45) is 0 Å². The Morgan fingerprint density at radius 3 is 1.56 bits per heavy atom. The lowest BCUT2D eigenvalue weighted by molar-refractivity contribution is 0.590. The number of fused-ring (bicyclic) bond motifs is 12. The second-order valence-corrected chi connectivity index (χ2v) is 24.4. The SMILES string of the molecule is CC(C)(C)c1ccc(N2c3cccc4c3B(c3cc(-c5ccccc5)ccc3N4c3ccc(C(C)(C)C)cc3-c3ccc4c5ccccc5c5ccccc5c4c3)c3sc4ccc(C(C)(C)C)cc4c32)cc1. The highest BCUT2D eigenvalue weighted by molar-refractivity contribution is 7.33. The van der Waals surface area contributed by atoms with E-state index in [1.165, 1.54) is 131 Å². The van der Waals surface area contributed by atoms with Crippen molar-refractivity contribution >= 4 is 110 Å². The molecule has 0 saturated heterocycles. The normalized spacial score (nSPS) is 13.5. The highest BCUT2D eigenvalue weighted by atomic mass is 32.1. The highest BCUT2D eigenvalue weighted by Crippen LogP contribution is 2.51. The molecular formula is C68H59BN2S. The smallest absolute Gasteiger partial charge is 0.264 e. The molecule has 0 aliphatic carbocycles. The minimum Gasteiger partial charge on any atom is -0.311 e. The van der Waals surface area contributed by atoms with Gasteiger partial charge >= 0.3 is 0 Å². The average molecular weight is 947 g/mol. The summed E-state index contributed by atoms with van der Waals surface area (Å²) in [5.41, 5.74) is 18.8. The third-order valence-electron chi connectivity index (χ3n) is 15.7. The van der Waals surface area contributed by atoms with E-state index < -0.39 is 0 Å². The van der Waals surface area contributed by atoms with E-state index in [9.17, 15) is 0 Å². The second-order valence-electron chi connectivity index (χ2n) is 23.4. The van der Waals surface area contributed by atoms with E-state index in [0.29, 0.717) is 0 Å². The second kappa shape index (κ2) is 16.1. The summed E-state index contributed by atoms with van der Waals surface area (Å²) in [6, 6.07) is 74.3. The molecule has 3 heterocycles. The molecule has 0 radical (unpaired) electrons. The molecule has 2 nitrogen and oxygen atoms in total. The largest absolute Gasteiger partial charge is 0.311 e. The van der Waals surface area contributed by atoms with Crippen LogP contribution in [-0.2, 0) is 16.2 Å². The number of anilines is 6. The molecular weight excluding hydrogens is 888 g/mol. The molecule has 0 fully saturated rings. The topological polar surface area (TPSA) is 6.48 Å². The van der Waals surface area contributed by atoms with Crippen LogP contribution in [0, 0.1) is 0 Å². The van der Waals surface area contributed by atoms with Gasteiger partial charge in [-0.2, -0.15) is 0 Å². The highest BCUT2D eigenvalue weighted by Gasteiger charge is 2.46. The first kappa shape index (κ1) is 44.5. The summed E-state index contributed by atoms with van der Waals surface area (Å²) in [6.45, 7) is 20.9. The quantitative estimate of drug-likeness (QED) is 0.128. The van der Waals surface area contributed by atoms with E-state index in [-0.39, 0.29) is 23.0 Å². The summed E-state index contributed by atoms with van der Waals surface area (Å²) in [6.07, 6.45) is 0. The predicted molar refractivity (Wildman–Crippen MR) is 315 cm³/mol. The molecule has 2 aliphatic heterocycles. The standard InChI is InChI=1S/C68H59BN2S/c1-66(2,3)45-28-32-48(33-29-45)70-60-24-17-25-61-63(60)69(65-64(70)56-41-47(68(7,8)9)31-37-62(56)72-65)57-39-43(42-18-11-10-12-19-42)27-35-59(57)71(61)58-36-30-46(67(4,5)6)40-54(58)44-26-34-53-51-22-14-13-20-49(51)50-21-15-16-23-52(50)55(53)38-44/h10-41H,1-9H3. The van der Waals surface area contributed by atoms with Gasteiger partial charge in [-0.15, -0.1) is 11.3 Å². The maximum atomic E-state index is 2.61. The fourth-order valence-corrected chi connectivity index (χ4v) is 13.1. The van der Waals surface area contributed by atoms with Gasteiger partial charge in [-0.3, -0.25) is 0 Å². The molecule has 350 valence electrons. The van der Waals surface area contributed by atoms with E-state index in [1.807, 2.05) is 11.3 Å². The van der Waals surface area contributed by atoms with E-state index in [0.717, 1.165) is 0 Å². The summed E-state index contributed by atoms with van der Waals surface area (Å²) in [5, 5.41) is 9.02. The average Bonchev–Trinajstić information content (AvgIpc) is 3.76. The molecule has 72 heavy (non-hydrogen) atoms. The van der Waals surface area contributed by atoms with Crippen LogP contribution in [0.4, 0.5) is 34.1 Å². The Hall–Kier alpha value is -7.40. The van der Waals surface area contributed by atoms with Gasteiger partial charge in [0.1, 0.15) is 0 Å². The first-order valence-corrected chi connectivity index (χ1v) is 26.5. The number of rotatable bonds is 4. The van der Waals surface area contributed by atoms with Crippen LogP contribution in [-0.4, -0.2) is 6.71 Å². The van der Waals surface area contributed by atoms with Crippen molar-refractivity contribution in [2.45, 2.75) is 78.6 Å². The molecule has 0 unspecified atom stereocenters. The zero-order chi connectivity index (χ0) is 49.4. The molecule has 2 aliphatic rings. The van der Waals surface area contributed by atoms with Gasteiger partial charge in [0, 0.05) is 43.2 Å². The van der Waals surface area contributed by atoms with E-state index in [2.05, 4.69) is 266 Å². The van der Waals surface area contributed by atoms with Crippen LogP contribution in [0.3, 0.4) is 0 Å². The Morgan fingerprint density at radius 1 is 0.361 bits per heavy atom. The minimum absolute atomic E-state index is 0.000639. The molecule has 13 rings (SSSR count). The van der Waals surface area contributed by atoms with Gasteiger partial charge in [0.2, 0.25) is 0 Å². The predicted octanol–water partition coefficient (Wildman–Crippen LogP) is 17.7. The van der Waals surface area contributed by atoms with Gasteiger partial charge in [-0.1, -0.05) is 196 Å². The van der Waals surface area contributed by atoms with Crippen LogP contribution < -0.4 is 25.5 Å². The lowest BCUT2D eigenvalue weighted by Gasteiger charge is -2.43. The van der Waals surface area contributed by atoms with E-state index in [1.54, 1.807) is 0 Å². The first-order chi connectivity index (χ1) is 34.6. The lowest BCUT2D eigenvalue weighted by atomic mass is 9.36. The van der Waals surface area contributed by atoms with Crippen LogP contribution in [0.15, 0.2) is 194 Å². The maximum absolute atomic E-state index is 2.61. The van der Waals surface area contributed by atoms with Crippen LogP contribution in [0.1, 0.15) is 79.0 Å². The summed E-state index contributed by atoms with van der Waals surface area (Å²) in [4.78, 5) is 5.22. The Morgan fingerprint density at radius 2 is 0.903 bits per heavy atom. The van der Waals surface area contributed by atoms with E-state index >= 15 is 0 Å². The zero-order valence-electron chi connectivity index (χ0n) is 42.9. The molecule has 0 atom stereocenters. The number of nitrogens with zero attached hydrogens (tertiary/aromatic N) is 2. The summed E-state index contributed by atoms with van der Waals surface area (Å²) >= 11 is 1.97. The van der Waals surface area contributed by atoms with Crippen LogP contribution >= 0.6 is 11.3 Å². The van der Waals surface area contributed by atoms with Crippen molar-refractivity contribution in [1.82, 2.24) is 0 Å². The molecule has 10 aromatic carbocycles. The van der Waals surface area contributed by atoms with Gasteiger partial charge in [0.05, 0.1) is 11.4 Å². The summed E-state index contributed by atoms with van der Waals surface area (Å²) in [7, 11) is 0. The molecule has 0 saturated carbocycles. The molecule has 0 bridgehead atoms. The van der Waals surface area contributed by atoms with E-state index in [4.69, 9.17) is 0 Å². The van der Waals surface area contributed by atoms with Crippen molar-refractivity contribution in [3.8, 4) is 22.3 Å². The van der Waals surface area contributed by atoms with Gasteiger partial charge in [-0.25, -0.2) is 0 Å². The Bertz CT molecular complexity index is 3960. The molecule has 1 aromatic heterocycles. The number of hydrogen-bond acceptors (Lipinski definition) is 3. The molecule has 0 amide bonds. The summed E-state index contributed by atoms with van der Waals surface area (Å²) < 4.78 is 2.71. The molecule has 11 aromatic rings. The molecule has 0 spiro atoms. The van der Waals surface area contributed by atoms with Gasteiger partial charge in [0.25, 0.3) is 6.71 Å². The minimum atomic E-state index is -0.0676. The fraction of sp³-hybridized carbons (Fsp3) is 0.176. The van der Waals surface area contributed by atoms with Crippen LogP contribution in [0.5, 0.6) is 0 Å². The van der Waals surface area contributed by atoms with Crippen molar-refractivity contribution in [3.05, 3.63) is 211 Å². The third kappa shape index (κ3) is 6.97. The van der Waals surface area contributed by atoms with Crippen LogP contribution in [0.25, 0.3) is 64.7 Å². The summed E-state index contributed by atoms with van der Waals surface area (Å²) in [5.74, 6) is 0. The first-order valence-electron chi connectivity index (χ1n) is 25.7. The number of hydrogen-bond donors (Lipinski definition) is 0. The van der Waals surface area contributed by atoms with Crippen molar-refractivity contribution in [1.29, 1.82) is 0 Å². The monoisotopic (exact) mass is 946 g/mol. The zero-order valence-corrected chi connectivity index (χ0v) is 43.7. The van der Waals surface area contributed by atoms with Crippen molar-refractivity contribution in [2.75, 3.05) is 9.80 Å². The number of benzene rings is 10. The van der Waals surface area contributed by atoms with Crippen molar-refractivity contribution in [3.63, 3.8) is 0 Å². The maximum Gasteiger partial charge on any atom is 0.264 e. The van der Waals surface area contributed by atoms with Gasteiger partial charge in [-0.05, 0) is 154 Å².